The number of benzene rings is 1. The Morgan fingerprint density at radius 3 is 2.78 bits per heavy atom. The first-order chi connectivity index (χ1) is 8.67. The molecule has 5 heteroatoms. The normalized spacial score (nSPS) is 23.4. The molecule has 0 amide bonds. The van der Waals surface area contributed by atoms with E-state index in [0.29, 0.717) is 5.82 Å². The monoisotopic (exact) mass is 261 g/mol. The Balaban J connectivity index is 1.91. The van der Waals surface area contributed by atoms with Crippen LogP contribution in [0, 0.1) is 0 Å². The topological polar surface area (TPSA) is 64.9 Å². The molecule has 0 radical (unpaired) electrons. The van der Waals surface area contributed by atoms with Crippen molar-refractivity contribution < 1.29 is 4.52 Å². The van der Waals surface area contributed by atoms with Crippen LogP contribution in [0.15, 0.2) is 28.8 Å². The van der Waals surface area contributed by atoms with Gasteiger partial charge in [-0.3, -0.25) is 0 Å². The Bertz CT molecular complexity index is 544. The number of nitrogen functional groups attached to an aromatic ring is 1. The highest BCUT2D eigenvalue weighted by Crippen LogP contribution is 2.45. The average Bonchev–Trinajstić information content (AvgIpc) is 2.99. The van der Waals surface area contributed by atoms with E-state index in [0.717, 1.165) is 29.3 Å². The van der Waals surface area contributed by atoms with E-state index >= 15 is 0 Å². The van der Waals surface area contributed by atoms with E-state index < -0.39 is 0 Å². The Morgan fingerprint density at radius 2 is 2.11 bits per heavy atom. The van der Waals surface area contributed by atoms with Crippen molar-refractivity contribution in [1.82, 2.24) is 10.1 Å². The molecule has 1 aliphatic heterocycles. The minimum atomic E-state index is -0.0148. The highest BCUT2D eigenvalue weighted by Gasteiger charge is 2.37. The molecular formula is C13H15N3OS. The van der Waals surface area contributed by atoms with Crippen molar-refractivity contribution in [3.63, 3.8) is 0 Å². The molecule has 0 spiro atoms. The summed E-state index contributed by atoms with van der Waals surface area (Å²) in [6.07, 6.45) is 2.31. The third-order valence-electron chi connectivity index (χ3n) is 3.27. The lowest BCUT2D eigenvalue weighted by Crippen LogP contribution is -2.12. The van der Waals surface area contributed by atoms with E-state index in [4.69, 9.17) is 10.3 Å². The predicted molar refractivity (Wildman–Crippen MR) is 73.2 cm³/mol. The van der Waals surface area contributed by atoms with Crippen LogP contribution < -0.4 is 5.73 Å². The molecule has 1 aromatic heterocycles. The van der Waals surface area contributed by atoms with E-state index in [1.54, 1.807) is 0 Å². The van der Waals surface area contributed by atoms with Gasteiger partial charge in [-0.15, -0.1) is 11.8 Å². The summed E-state index contributed by atoms with van der Waals surface area (Å²) in [5, 5.41) is 4.07. The standard InChI is InChI=1S/C13H15N3OS/c1-13(7-2-8-18-13)12-15-11(16-17-12)9-3-5-10(14)6-4-9/h3-6H,2,7-8,14H2,1H3. The molecule has 1 aliphatic rings. The molecule has 18 heavy (non-hydrogen) atoms. The molecule has 0 saturated carbocycles. The molecule has 2 aromatic rings. The maximum absolute atomic E-state index is 5.66. The van der Waals surface area contributed by atoms with Crippen molar-refractivity contribution in [2.45, 2.75) is 24.5 Å². The summed E-state index contributed by atoms with van der Waals surface area (Å²) < 4.78 is 5.41. The first-order valence-corrected chi connectivity index (χ1v) is 7.00. The molecule has 1 fully saturated rings. The first kappa shape index (κ1) is 11.6. The van der Waals surface area contributed by atoms with Crippen molar-refractivity contribution >= 4 is 17.4 Å². The fraction of sp³-hybridized carbons (Fsp3) is 0.385. The summed E-state index contributed by atoms with van der Waals surface area (Å²) >= 11 is 1.89. The minimum Gasteiger partial charge on any atom is -0.399 e. The Morgan fingerprint density at radius 1 is 1.33 bits per heavy atom. The van der Waals surface area contributed by atoms with E-state index in [1.165, 1.54) is 6.42 Å². The Hall–Kier alpha value is -1.49. The lowest BCUT2D eigenvalue weighted by Gasteiger charge is -2.16. The third-order valence-corrected chi connectivity index (χ3v) is 4.77. The molecule has 4 nitrogen and oxygen atoms in total. The number of anilines is 1. The van der Waals surface area contributed by atoms with Crippen LogP contribution in [-0.2, 0) is 4.75 Å². The maximum Gasteiger partial charge on any atom is 0.242 e. The van der Waals surface area contributed by atoms with E-state index in [9.17, 15) is 0 Å². The van der Waals surface area contributed by atoms with Gasteiger partial charge in [-0.05, 0) is 49.8 Å². The quantitative estimate of drug-likeness (QED) is 0.842. The Labute approximate surface area is 110 Å². The van der Waals surface area contributed by atoms with Gasteiger partial charge in [0.15, 0.2) is 0 Å². The largest absolute Gasteiger partial charge is 0.399 e. The number of nitrogens with zero attached hydrogens (tertiary/aromatic N) is 2. The zero-order valence-corrected chi connectivity index (χ0v) is 11.0. The van der Waals surface area contributed by atoms with Crippen molar-refractivity contribution in [3.8, 4) is 11.4 Å². The molecule has 0 bridgehead atoms. The molecule has 3 rings (SSSR count). The summed E-state index contributed by atoms with van der Waals surface area (Å²) in [6.45, 7) is 2.17. The van der Waals surface area contributed by atoms with E-state index in [2.05, 4.69) is 17.1 Å². The van der Waals surface area contributed by atoms with E-state index in [-0.39, 0.29) is 4.75 Å². The fourth-order valence-corrected chi connectivity index (χ4v) is 3.37. The number of thioether (sulfide) groups is 1. The summed E-state index contributed by atoms with van der Waals surface area (Å²) in [6, 6.07) is 7.51. The summed E-state index contributed by atoms with van der Waals surface area (Å²) in [5.74, 6) is 2.53. The van der Waals surface area contributed by atoms with Gasteiger partial charge in [0, 0.05) is 11.3 Å². The highest BCUT2D eigenvalue weighted by molar-refractivity contribution is 8.00. The molecular weight excluding hydrogens is 246 g/mol. The minimum absolute atomic E-state index is 0.0148. The van der Waals surface area contributed by atoms with Crippen molar-refractivity contribution in [2.75, 3.05) is 11.5 Å². The van der Waals surface area contributed by atoms with Gasteiger partial charge in [-0.1, -0.05) is 5.16 Å². The molecule has 1 aromatic carbocycles. The van der Waals surface area contributed by atoms with Gasteiger partial charge >= 0.3 is 0 Å². The lowest BCUT2D eigenvalue weighted by molar-refractivity contribution is 0.343. The summed E-state index contributed by atoms with van der Waals surface area (Å²) in [4.78, 5) is 4.52. The fourth-order valence-electron chi connectivity index (χ4n) is 2.14. The van der Waals surface area contributed by atoms with Gasteiger partial charge in [-0.25, -0.2) is 0 Å². The maximum atomic E-state index is 5.66. The molecule has 0 aliphatic carbocycles. The predicted octanol–water partition coefficient (Wildman–Crippen LogP) is 3.06. The van der Waals surface area contributed by atoms with Crippen molar-refractivity contribution in [3.05, 3.63) is 30.2 Å². The van der Waals surface area contributed by atoms with Crippen LogP contribution in [-0.4, -0.2) is 15.9 Å². The first-order valence-electron chi connectivity index (χ1n) is 6.01. The zero-order valence-electron chi connectivity index (χ0n) is 10.2. The van der Waals surface area contributed by atoms with Crippen LogP contribution in [0.4, 0.5) is 5.69 Å². The van der Waals surface area contributed by atoms with Crippen LogP contribution in [0.2, 0.25) is 0 Å². The highest BCUT2D eigenvalue weighted by atomic mass is 32.2. The number of nitrogens with two attached hydrogens (primary N) is 1. The van der Waals surface area contributed by atoms with Crippen molar-refractivity contribution in [1.29, 1.82) is 0 Å². The number of hydrogen-bond acceptors (Lipinski definition) is 5. The molecule has 2 heterocycles. The lowest BCUT2D eigenvalue weighted by atomic mass is 10.1. The molecule has 1 unspecified atom stereocenters. The molecule has 1 saturated heterocycles. The third kappa shape index (κ3) is 1.99. The van der Waals surface area contributed by atoms with Crippen molar-refractivity contribution in [2.24, 2.45) is 0 Å². The van der Waals surface area contributed by atoms with Crippen LogP contribution in [0.3, 0.4) is 0 Å². The van der Waals surface area contributed by atoms with Crippen LogP contribution in [0.1, 0.15) is 25.7 Å². The number of hydrogen-bond donors (Lipinski definition) is 1. The van der Waals surface area contributed by atoms with Crippen LogP contribution >= 0.6 is 11.8 Å². The second-order valence-corrected chi connectivity index (χ2v) is 6.33. The van der Waals surface area contributed by atoms with Gasteiger partial charge in [0.25, 0.3) is 0 Å². The van der Waals surface area contributed by atoms with Gasteiger partial charge in [-0.2, -0.15) is 4.98 Å². The molecule has 2 N–H and O–H groups in total. The number of aromatic nitrogens is 2. The second-order valence-electron chi connectivity index (χ2n) is 4.73. The molecule has 94 valence electrons. The smallest absolute Gasteiger partial charge is 0.242 e. The summed E-state index contributed by atoms with van der Waals surface area (Å²) in [7, 11) is 0. The van der Waals surface area contributed by atoms with Crippen LogP contribution in [0.5, 0.6) is 0 Å². The van der Waals surface area contributed by atoms with Gasteiger partial charge in [0.1, 0.15) is 0 Å². The van der Waals surface area contributed by atoms with Crippen LogP contribution in [0.25, 0.3) is 11.4 Å². The molecule has 1 atom stereocenters. The SMILES string of the molecule is CC1(c2nc(-c3ccc(N)cc3)no2)CCCS1. The Kier molecular flexibility index (Phi) is 2.78. The number of rotatable bonds is 2. The second kappa shape index (κ2) is 4.31. The van der Waals surface area contributed by atoms with E-state index in [1.807, 2.05) is 36.0 Å². The average molecular weight is 261 g/mol. The van der Waals surface area contributed by atoms with Gasteiger partial charge < -0.3 is 10.3 Å². The zero-order chi connectivity index (χ0) is 12.6. The van der Waals surface area contributed by atoms with Gasteiger partial charge in [0.2, 0.25) is 11.7 Å². The van der Waals surface area contributed by atoms with Gasteiger partial charge in [0.05, 0.1) is 4.75 Å². The summed E-state index contributed by atoms with van der Waals surface area (Å²) in [5.41, 5.74) is 7.34.